The van der Waals surface area contributed by atoms with Crippen LogP contribution in [0.3, 0.4) is 0 Å². The SMILES string of the molecule is CC1(C)OB(c2ccccc2CNC2CC2)OC1(C)C. The van der Waals surface area contributed by atoms with E-state index in [4.69, 9.17) is 9.31 Å². The molecule has 0 unspecified atom stereocenters. The van der Waals surface area contributed by atoms with Crippen molar-refractivity contribution in [3.8, 4) is 0 Å². The molecular formula is C16H24BNO2. The van der Waals surface area contributed by atoms with Gasteiger partial charge in [0.1, 0.15) is 0 Å². The first kappa shape index (κ1) is 14.1. The summed E-state index contributed by atoms with van der Waals surface area (Å²) in [7, 11) is -0.266. The fraction of sp³-hybridized carbons (Fsp3) is 0.625. The molecule has 0 aromatic heterocycles. The van der Waals surface area contributed by atoms with Crippen molar-refractivity contribution in [1.29, 1.82) is 0 Å². The Kier molecular flexibility index (Phi) is 3.43. The Balaban J connectivity index is 1.79. The van der Waals surface area contributed by atoms with Gasteiger partial charge >= 0.3 is 7.12 Å². The lowest BCUT2D eigenvalue weighted by Gasteiger charge is -2.32. The first-order chi connectivity index (χ1) is 9.39. The third-order valence-corrected chi connectivity index (χ3v) is 4.72. The molecule has 4 heteroatoms. The van der Waals surface area contributed by atoms with Crippen LogP contribution in [0.1, 0.15) is 46.1 Å². The van der Waals surface area contributed by atoms with Gasteiger partial charge in [0.25, 0.3) is 0 Å². The summed E-state index contributed by atoms with van der Waals surface area (Å²) in [6.07, 6.45) is 2.61. The molecule has 2 fully saturated rings. The molecule has 0 atom stereocenters. The van der Waals surface area contributed by atoms with Crippen molar-refractivity contribution in [3.63, 3.8) is 0 Å². The molecule has 1 aliphatic heterocycles. The number of nitrogens with one attached hydrogen (secondary N) is 1. The maximum Gasteiger partial charge on any atom is 0.495 e. The van der Waals surface area contributed by atoms with Gasteiger partial charge in [-0.15, -0.1) is 0 Å². The quantitative estimate of drug-likeness (QED) is 0.853. The lowest BCUT2D eigenvalue weighted by Crippen LogP contribution is -2.41. The maximum absolute atomic E-state index is 6.16. The molecule has 20 heavy (non-hydrogen) atoms. The monoisotopic (exact) mass is 273 g/mol. The van der Waals surface area contributed by atoms with Gasteiger partial charge in [0.15, 0.2) is 0 Å². The van der Waals surface area contributed by atoms with Crippen LogP contribution < -0.4 is 10.8 Å². The molecule has 108 valence electrons. The van der Waals surface area contributed by atoms with Crippen LogP contribution >= 0.6 is 0 Å². The number of rotatable bonds is 4. The highest BCUT2D eigenvalue weighted by molar-refractivity contribution is 6.62. The van der Waals surface area contributed by atoms with Gasteiger partial charge in [0, 0.05) is 12.6 Å². The largest absolute Gasteiger partial charge is 0.495 e. The van der Waals surface area contributed by atoms with Crippen LogP contribution in [0.5, 0.6) is 0 Å². The van der Waals surface area contributed by atoms with Crippen LogP contribution in [0.2, 0.25) is 0 Å². The normalized spacial score (nSPS) is 24.1. The second-order valence-electron chi connectivity index (χ2n) is 6.94. The summed E-state index contributed by atoms with van der Waals surface area (Å²) in [5.41, 5.74) is 1.86. The van der Waals surface area contributed by atoms with E-state index >= 15 is 0 Å². The Morgan fingerprint density at radius 2 is 1.70 bits per heavy atom. The van der Waals surface area contributed by atoms with E-state index < -0.39 is 0 Å². The lowest BCUT2D eigenvalue weighted by molar-refractivity contribution is 0.00578. The summed E-state index contributed by atoms with van der Waals surface area (Å²) in [6, 6.07) is 9.13. The minimum Gasteiger partial charge on any atom is -0.399 e. The van der Waals surface area contributed by atoms with Crippen molar-refractivity contribution in [2.24, 2.45) is 0 Å². The molecule has 0 amide bonds. The van der Waals surface area contributed by atoms with Gasteiger partial charge in [-0.1, -0.05) is 24.3 Å². The van der Waals surface area contributed by atoms with E-state index in [1.165, 1.54) is 18.4 Å². The topological polar surface area (TPSA) is 30.5 Å². The van der Waals surface area contributed by atoms with E-state index in [0.717, 1.165) is 12.0 Å². The molecule has 3 rings (SSSR count). The van der Waals surface area contributed by atoms with Crippen molar-refractivity contribution in [2.45, 2.75) is 64.3 Å². The molecule has 1 aromatic rings. The van der Waals surface area contributed by atoms with Gasteiger partial charge in [0.05, 0.1) is 11.2 Å². The van der Waals surface area contributed by atoms with E-state index in [1.54, 1.807) is 0 Å². The Morgan fingerprint density at radius 3 is 2.30 bits per heavy atom. The van der Waals surface area contributed by atoms with Crippen LogP contribution in [-0.4, -0.2) is 24.4 Å². The zero-order valence-electron chi connectivity index (χ0n) is 12.9. The molecule has 2 aliphatic rings. The minimum atomic E-state index is -0.283. The lowest BCUT2D eigenvalue weighted by atomic mass is 9.76. The maximum atomic E-state index is 6.16. The van der Waals surface area contributed by atoms with E-state index in [9.17, 15) is 0 Å². The van der Waals surface area contributed by atoms with Crippen molar-refractivity contribution < 1.29 is 9.31 Å². The smallest absolute Gasteiger partial charge is 0.399 e. The van der Waals surface area contributed by atoms with Gasteiger partial charge in [0.2, 0.25) is 0 Å². The zero-order valence-corrected chi connectivity index (χ0v) is 12.9. The predicted octanol–water partition coefficient (Wildman–Crippen LogP) is 2.24. The highest BCUT2D eigenvalue weighted by Gasteiger charge is 2.52. The summed E-state index contributed by atoms with van der Waals surface area (Å²) < 4.78 is 12.3. The fourth-order valence-electron chi connectivity index (χ4n) is 2.44. The van der Waals surface area contributed by atoms with E-state index in [2.05, 4.69) is 57.3 Å². The average Bonchev–Trinajstić information content (AvgIpc) is 3.15. The van der Waals surface area contributed by atoms with Crippen LogP contribution in [0.15, 0.2) is 24.3 Å². The van der Waals surface area contributed by atoms with E-state index in [-0.39, 0.29) is 18.3 Å². The Labute approximate surface area is 122 Å². The van der Waals surface area contributed by atoms with Crippen molar-refractivity contribution in [1.82, 2.24) is 5.32 Å². The van der Waals surface area contributed by atoms with Gasteiger partial charge < -0.3 is 14.6 Å². The Bertz CT molecular complexity index is 481. The molecular weight excluding hydrogens is 249 g/mol. The highest BCUT2D eigenvalue weighted by atomic mass is 16.7. The van der Waals surface area contributed by atoms with Gasteiger partial charge in [-0.25, -0.2) is 0 Å². The molecule has 1 N–H and O–H groups in total. The summed E-state index contributed by atoms with van der Waals surface area (Å²) in [4.78, 5) is 0. The van der Waals surface area contributed by atoms with Crippen LogP contribution in [0, 0.1) is 0 Å². The van der Waals surface area contributed by atoms with Crippen molar-refractivity contribution >= 4 is 12.6 Å². The van der Waals surface area contributed by atoms with Crippen LogP contribution in [0.25, 0.3) is 0 Å². The van der Waals surface area contributed by atoms with Gasteiger partial charge in [-0.3, -0.25) is 0 Å². The molecule has 0 radical (unpaired) electrons. The van der Waals surface area contributed by atoms with Gasteiger partial charge in [-0.05, 0) is 51.6 Å². The third-order valence-electron chi connectivity index (χ3n) is 4.72. The van der Waals surface area contributed by atoms with E-state index in [0.29, 0.717) is 6.04 Å². The molecule has 1 saturated heterocycles. The molecule has 1 aliphatic carbocycles. The Hall–Kier alpha value is -0.835. The summed E-state index contributed by atoms with van der Waals surface area (Å²) in [5.74, 6) is 0. The molecule has 3 nitrogen and oxygen atoms in total. The first-order valence-corrected chi connectivity index (χ1v) is 7.56. The van der Waals surface area contributed by atoms with Crippen LogP contribution in [-0.2, 0) is 15.9 Å². The summed E-state index contributed by atoms with van der Waals surface area (Å²) in [5, 5.41) is 3.57. The molecule has 1 aromatic carbocycles. The predicted molar refractivity (Wildman–Crippen MR) is 82.0 cm³/mol. The number of hydrogen-bond donors (Lipinski definition) is 1. The average molecular weight is 273 g/mol. The number of hydrogen-bond acceptors (Lipinski definition) is 3. The highest BCUT2D eigenvalue weighted by Crippen LogP contribution is 2.36. The Morgan fingerprint density at radius 1 is 1.10 bits per heavy atom. The first-order valence-electron chi connectivity index (χ1n) is 7.56. The number of benzene rings is 1. The third kappa shape index (κ3) is 2.65. The second kappa shape index (κ2) is 4.87. The summed E-state index contributed by atoms with van der Waals surface area (Å²) in [6.45, 7) is 9.27. The summed E-state index contributed by atoms with van der Waals surface area (Å²) >= 11 is 0. The van der Waals surface area contributed by atoms with Crippen LogP contribution in [0.4, 0.5) is 0 Å². The molecule has 1 saturated carbocycles. The van der Waals surface area contributed by atoms with Gasteiger partial charge in [-0.2, -0.15) is 0 Å². The zero-order chi connectivity index (χ0) is 14.4. The fourth-order valence-corrected chi connectivity index (χ4v) is 2.44. The van der Waals surface area contributed by atoms with Crippen molar-refractivity contribution in [2.75, 3.05) is 0 Å². The minimum absolute atomic E-state index is 0.266. The standard InChI is InChI=1S/C16H24BNO2/c1-15(2)16(3,4)20-17(19-15)14-8-6-5-7-12(14)11-18-13-9-10-13/h5-8,13,18H,9-11H2,1-4H3. The molecule has 0 spiro atoms. The molecule has 1 heterocycles. The van der Waals surface area contributed by atoms with E-state index in [1.807, 2.05) is 0 Å². The van der Waals surface area contributed by atoms with Crippen molar-refractivity contribution in [3.05, 3.63) is 29.8 Å². The second-order valence-corrected chi connectivity index (χ2v) is 6.94. The molecule has 0 bridgehead atoms.